The van der Waals surface area contributed by atoms with Crippen LogP contribution in [0.3, 0.4) is 0 Å². The van der Waals surface area contributed by atoms with Crippen LogP contribution in [0.15, 0.2) is 24.8 Å². The number of rotatable bonds is 2. The molecule has 0 radical (unpaired) electrons. The second-order valence-corrected chi connectivity index (χ2v) is 2.32. The molecule has 1 heterocycles. The van der Waals surface area contributed by atoms with Crippen molar-refractivity contribution in [1.82, 2.24) is 5.32 Å². The van der Waals surface area contributed by atoms with Gasteiger partial charge in [0.15, 0.2) is 0 Å². The molecule has 1 unspecified atom stereocenters. The van der Waals surface area contributed by atoms with E-state index in [2.05, 4.69) is 18.0 Å². The van der Waals surface area contributed by atoms with Crippen molar-refractivity contribution in [3.63, 3.8) is 0 Å². The molecule has 0 aromatic heterocycles. The van der Waals surface area contributed by atoms with Gasteiger partial charge in [0.1, 0.15) is 0 Å². The SMILES string of the molecule is C=CC=CC1CCCN1. The van der Waals surface area contributed by atoms with Gasteiger partial charge >= 0.3 is 0 Å². The average molecular weight is 123 g/mol. The van der Waals surface area contributed by atoms with Crippen LogP contribution in [0.4, 0.5) is 0 Å². The van der Waals surface area contributed by atoms with E-state index in [1.165, 1.54) is 19.4 Å². The van der Waals surface area contributed by atoms with E-state index < -0.39 is 0 Å². The maximum atomic E-state index is 3.61. The molecule has 0 aliphatic carbocycles. The van der Waals surface area contributed by atoms with Crippen LogP contribution in [-0.4, -0.2) is 12.6 Å². The smallest absolute Gasteiger partial charge is 0.0253 e. The number of hydrogen-bond donors (Lipinski definition) is 1. The Morgan fingerprint density at radius 2 is 2.44 bits per heavy atom. The minimum atomic E-state index is 0.614. The summed E-state index contributed by atoms with van der Waals surface area (Å²) in [6.07, 6.45) is 8.58. The molecule has 1 heteroatoms. The minimum absolute atomic E-state index is 0.614. The lowest BCUT2D eigenvalue weighted by Crippen LogP contribution is -2.17. The molecule has 1 rings (SSSR count). The van der Waals surface area contributed by atoms with Gasteiger partial charge in [-0.3, -0.25) is 0 Å². The molecule has 1 atom stereocenters. The molecule has 0 spiro atoms. The van der Waals surface area contributed by atoms with Crippen LogP contribution in [0, 0.1) is 0 Å². The van der Waals surface area contributed by atoms with E-state index in [0.717, 1.165) is 0 Å². The molecule has 0 saturated carbocycles. The summed E-state index contributed by atoms with van der Waals surface area (Å²) in [4.78, 5) is 0. The molecule has 1 saturated heterocycles. The lowest BCUT2D eigenvalue weighted by Gasteiger charge is -1.99. The third-order valence-electron chi connectivity index (χ3n) is 1.58. The average Bonchev–Trinajstić information content (AvgIpc) is 2.34. The van der Waals surface area contributed by atoms with Crippen molar-refractivity contribution in [3.8, 4) is 0 Å². The van der Waals surface area contributed by atoms with Crippen LogP contribution in [0.2, 0.25) is 0 Å². The minimum Gasteiger partial charge on any atom is -0.311 e. The second kappa shape index (κ2) is 3.46. The summed E-state index contributed by atoms with van der Waals surface area (Å²) in [5, 5.41) is 3.36. The lowest BCUT2D eigenvalue weighted by molar-refractivity contribution is 0.727. The third-order valence-corrected chi connectivity index (χ3v) is 1.58. The van der Waals surface area contributed by atoms with Gasteiger partial charge in [0.25, 0.3) is 0 Å². The lowest BCUT2D eigenvalue weighted by atomic mass is 10.2. The zero-order valence-corrected chi connectivity index (χ0v) is 5.64. The van der Waals surface area contributed by atoms with Gasteiger partial charge < -0.3 is 5.32 Å². The predicted octanol–water partition coefficient (Wildman–Crippen LogP) is 1.48. The van der Waals surface area contributed by atoms with Crippen LogP contribution in [0.5, 0.6) is 0 Å². The van der Waals surface area contributed by atoms with Crippen molar-refractivity contribution in [3.05, 3.63) is 24.8 Å². The highest BCUT2D eigenvalue weighted by Crippen LogP contribution is 2.05. The standard InChI is InChI=1S/C8H13N/c1-2-3-5-8-6-4-7-9-8/h2-3,5,8-9H,1,4,6-7H2. The molecule has 1 fully saturated rings. The Balaban J connectivity index is 2.25. The van der Waals surface area contributed by atoms with E-state index in [0.29, 0.717) is 6.04 Å². The first-order valence-electron chi connectivity index (χ1n) is 3.46. The molecule has 50 valence electrons. The molecule has 0 aromatic rings. The van der Waals surface area contributed by atoms with Crippen molar-refractivity contribution >= 4 is 0 Å². The first-order chi connectivity index (χ1) is 4.43. The second-order valence-electron chi connectivity index (χ2n) is 2.32. The van der Waals surface area contributed by atoms with Crippen LogP contribution >= 0.6 is 0 Å². The quantitative estimate of drug-likeness (QED) is 0.548. The van der Waals surface area contributed by atoms with Crippen molar-refractivity contribution in [1.29, 1.82) is 0 Å². The predicted molar refractivity (Wildman–Crippen MR) is 40.4 cm³/mol. The highest BCUT2D eigenvalue weighted by Gasteiger charge is 2.08. The number of nitrogens with one attached hydrogen (secondary N) is 1. The number of hydrogen-bond acceptors (Lipinski definition) is 1. The Morgan fingerprint density at radius 3 is 3.00 bits per heavy atom. The summed E-state index contributed by atoms with van der Waals surface area (Å²) >= 11 is 0. The zero-order valence-electron chi connectivity index (χ0n) is 5.64. The molecule has 0 amide bonds. The molecule has 1 aliphatic heterocycles. The van der Waals surface area contributed by atoms with Crippen molar-refractivity contribution < 1.29 is 0 Å². The van der Waals surface area contributed by atoms with Crippen LogP contribution in [0.1, 0.15) is 12.8 Å². The fraction of sp³-hybridized carbons (Fsp3) is 0.500. The molecule has 1 nitrogen and oxygen atoms in total. The number of allylic oxidation sites excluding steroid dienone is 2. The molecular formula is C8H13N. The van der Waals surface area contributed by atoms with E-state index >= 15 is 0 Å². The third kappa shape index (κ3) is 2.02. The summed E-state index contributed by atoms with van der Waals surface area (Å²) in [6, 6.07) is 0.614. The topological polar surface area (TPSA) is 12.0 Å². The van der Waals surface area contributed by atoms with Gasteiger partial charge in [-0.05, 0) is 19.4 Å². The summed E-state index contributed by atoms with van der Waals surface area (Å²) in [6.45, 7) is 4.78. The maximum absolute atomic E-state index is 3.61. The first kappa shape index (κ1) is 6.56. The highest BCUT2D eigenvalue weighted by atomic mass is 14.9. The molecule has 1 N–H and O–H groups in total. The van der Waals surface area contributed by atoms with Crippen molar-refractivity contribution in [2.75, 3.05) is 6.54 Å². The highest BCUT2D eigenvalue weighted by molar-refractivity contribution is 5.04. The van der Waals surface area contributed by atoms with Crippen molar-refractivity contribution in [2.45, 2.75) is 18.9 Å². The maximum Gasteiger partial charge on any atom is 0.0253 e. The Hall–Kier alpha value is -0.560. The summed E-state index contributed by atoms with van der Waals surface area (Å²) < 4.78 is 0. The normalized spacial score (nSPS) is 27.3. The monoisotopic (exact) mass is 123 g/mol. The van der Waals surface area contributed by atoms with Gasteiger partial charge in [-0.15, -0.1) is 0 Å². The van der Waals surface area contributed by atoms with Gasteiger partial charge in [-0.2, -0.15) is 0 Å². The Bertz CT molecular complexity index is 110. The molecular weight excluding hydrogens is 110 g/mol. The summed E-state index contributed by atoms with van der Waals surface area (Å²) in [5.41, 5.74) is 0. The summed E-state index contributed by atoms with van der Waals surface area (Å²) in [5.74, 6) is 0. The van der Waals surface area contributed by atoms with Gasteiger partial charge in [-0.25, -0.2) is 0 Å². The van der Waals surface area contributed by atoms with Gasteiger partial charge in [0.05, 0.1) is 0 Å². The molecule has 9 heavy (non-hydrogen) atoms. The Kier molecular flexibility index (Phi) is 2.52. The fourth-order valence-electron chi connectivity index (χ4n) is 1.09. The van der Waals surface area contributed by atoms with E-state index in [-0.39, 0.29) is 0 Å². The Morgan fingerprint density at radius 1 is 1.56 bits per heavy atom. The van der Waals surface area contributed by atoms with Crippen LogP contribution < -0.4 is 5.32 Å². The van der Waals surface area contributed by atoms with E-state index in [9.17, 15) is 0 Å². The molecule has 0 bridgehead atoms. The van der Waals surface area contributed by atoms with E-state index in [1.54, 1.807) is 0 Å². The van der Waals surface area contributed by atoms with Crippen LogP contribution in [-0.2, 0) is 0 Å². The first-order valence-corrected chi connectivity index (χ1v) is 3.46. The van der Waals surface area contributed by atoms with Gasteiger partial charge in [0, 0.05) is 6.04 Å². The van der Waals surface area contributed by atoms with Gasteiger partial charge in [0.2, 0.25) is 0 Å². The molecule has 1 aliphatic rings. The zero-order chi connectivity index (χ0) is 6.53. The van der Waals surface area contributed by atoms with E-state index in [1.807, 2.05) is 12.2 Å². The van der Waals surface area contributed by atoms with Crippen molar-refractivity contribution in [2.24, 2.45) is 0 Å². The largest absolute Gasteiger partial charge is 0.311 e. The van der Waals surface area contributed by atoms with E-state index in [4.69, 9.17) is 0 Å². The van der Waals surface area contributed by atoms with Crippen LogP contribution in [0.25, 0.3) is 0 Å². The summed E-state index contributed by atoms with van der Waals surface area (Å²) in [7, 11) is 0. The Labute approximate surface area is 56.5 Å². The fourth-order valence-corrected chi connectivity index (χ4v) is 1.09. The van der Waals surface area contributed by atoms with Gasteiger partial charge in [-0.1, -0.05) is 24.8 Å². The molecule has 0 aromatic carbocycles.